The van der Waals surface area contributed by atoms with Crippen LogP contribution in [0.5, 0.6) is 0 Å². The molecule has 0 aromatic carbocycles. The van der Waals surface area contributed by atoms with Crippen molar-refractivity contribution in [3.63, 3.8) is 0 Å². The second kappa shape index (κ2) is 4.48. The fraction of sp³-hybridized carbons (Fsp3) is 0.692. The van der Waals surface area contributed by atoms with Crippen molar-refractivity contribution >= 4 is 5.82 Å². The van der Waals surface area contributed by atoms with Crippen LogP contribution in [-0.4, -0.2) is 53.2 Å². The highest BCUT2D eigenvalue weighted by atomic mass is 16.3. The van der Waals surface area contributed by atoms with Crippen LogP contribution in [0.3, 0.4) is 0 Å². The lowest BCUT2D eigenvalue weighted by Crippen LogP contribution is -2.45. The zero-order valence-corrected chi connectivity index (χ0v) is 11.0. The number of aliphatic hydroxyl groups is 1. The van der Waals surface area contributed by atoms with Gasteiger partial charge in [0.05, 0.1) is 11.8 Å². The Morgan fingerprint density at radius 2 is 1.94 bits per heavy atom. The maximum atomic E-state index is 10.00. The van der Waals surface area contributed by atoms with Crippen LogP contribution < -0.4 is 4.90 Å². The Morgan fingerprint density at radius 3 is 2.67 bits per heavy atom. The first-order valence-corrected chi connectivity index (χ1v) is 6.63. The lowest BCUT2D eigenvalue weighted by molar-refractivity contribution is 0.170. The third kappa shape index (κ3) is 1.87. The normalized spacial score (nSPS) is 28.5. The molecule has 0 amide bonds. The molecule has 2 unspecified atom stereocenters. The smallest absolute Gasteiger partial charge is 0.135 e. The average Bonchev–Trinajstić information content (AvgIpc) is 2.66. The van der Waals surface area contributed by atoms with E-state index in [1.54, 1.807) is 6.33 Å². The first kappa shape index (κ1) is 11.9. The summed E-state index contributed by atoms with van der Waals surface area (Å²) in [5.74, 6) is 1.39. The molecule has 5 heteroatoms. The van der Waals surface area contributed by atoms with Crippen molar-refractivity contribution in [1.29, 1.82) is 0 Å². The van der Waals surface area contributed by atoms with Crippen LogP contribution in [0.15, 0.2) is 6.33 Å². The number of fused-ring (bicyclic) bond motifs is 1. The molecule has 2 aliphatic rings. The monoisotopic (exact) mass is 248 g/mol. The molecule has 0 spiro atoms. The Hall–Kier alpha value is -1.20. The second-order valence-electron chi connectivity index (χ2n) is 5.44. The molecule has 0 saturated carbocycles. The number of hydrogen-bond donors (Lipinski definition) is 1. The molecule has 18 heavy (non-hydrogen) atoms. The largest absolute Gasteiger partial charge is 0.387 e. The molecule has 5 nitrogen and oxygen atoms in total. The maximum absolute atomic E-state index is 10.00. The van der Waals surface area contributed by atoms with E-state index >= 15 is 0 Å². The van der Waals surface area contributed by atoms with E-state index < -0.39 is 6.10 Å². The predicted molar refractivity (Wildman–Crippen MR) is 69.7 cm³/mol. The molecule has 0 bridgehead atoms. The summed E-state index contributed by atoms with van der Waals surface area (Å²) < 4.78 is 0. The Morgan fingerprint density at radius 1 is 1.22 bits per heavy atom. The summed E-state index contributed by atoms with van der Waals surface area (Å²) in [6, 6.07) is 0. The van der Waals surface area contributed by atoms with Crippen LogP contribution in [0.2, 0.25) is 0 Å². The number of aromatic nitrogens is 2. The number of likely N-dealkylation sites (N-methyl/N-ethyl adjacent to an activating group) is 1. The number of aliphatic hydroxyl groups excluding tert-OH is 1. The van der Waals surface area contributed by atoms with Crippen molar-refractivity contribution < 1.29 is 5.11 Å². The van der Waals surface area contributed by atoms with Crippen LogP contribution in [-0.2, 0) is 0 Å². The summed E-state index contributed by atoms with van der Waals surface area (Å²) in [6.07, 6.45) is 1.95. The molecule has 1 aliphatic carbocycles. The molecule has 1 fully saturated rings. The molecule has 2 atom stereocenters. The fourth-order valence-corrected chi connectivity index (χ4v) is 2.97. The minimum atomic E-state index is -0.413. The Labute approximate surface area is 107 Å². The Bertz CT molecular complexity index is 443. The molecule has 0 radical (unpaired) electrons. The van der Waals surface area contributed by atoms with Crippen LogP contribution in [0.4, 0.5) is 5.82 Å². The first-order valence-electron chi connectivity index (χ1n) is 6.63. The molecule has 1 saturated heterocycles. The van der Waals surface area contributed by atoms with E-state index in [4.69, 9.17) is 0 Å². The highest BCUT2D eigenvalue weighted by molar-refractivity contribution is 5.53. The number of hydrogen-bond acceptors (Lipinski definition) is 5. The van der Waals surface area contributed by atoms with Crippen molar-refractivity contribution in [3.8, 4) is 0 Å². The van der Waals surface area contributed by atoms with Gasteiger partial charge in [-0.05, 0) is 19.4 Å². The minimum Gasteiger partial charge on any atom is -0.387 e. The molecular weight excluding hydrogens is 228 g/mol. The number of rotatable bonds is 1. The molecule has 1 aliphatic heterocycles. The molecule has 1 N–H and O–H groups in total. The Balaban J connectivity index is 1.94. The van der Waals surface area contributed by atoms with Gasteiger partial charge in [-0.3, -0.25) is 0 Å². The molecule has 98 valence electrons. The van der Waals surface area contributed by atoms with Gasteiger partial charge in [-0.15, -0.1) is 0 Å². The van der Waals surface area contributed by atoms with E-state index in [9.17, 15) is 5.11 Å². The van der Waals surface area contributed by atoms with Crippen LogP contribution >= 0.6 is 0 Å². The van der Waals surface area contributed by atoms with Gasteiger partial charge in [-0.2, -0.15) is 0 Å². The molecule has 2 heterocycles. The molecular formula is C13H20N4O. The van der Waals surface area contributed by atoms with E-state index in [-0.39, 0.29) is 0 Å². The van der Waals surface area contributed by atoms with Crippen molar-refractivity contribution in [2.75, 3.05) is 38.1 Å². The van der Waals surface area contributed by atoms with Crippen molar-refractivity contribution in [2.45, 2.75) is 25.4 Å². The Kier molecular flexibility index (Phi) is 2.95. The number of nitrogens with zero attached hydrogens (tertiary/aromatic N) is 4. The van der Waals surface area contributed by atoms with Gasteiger partial charge in [0.1, 0.15) is 12.1 Å². The maximum Gasteiger partial charge on any atom is 0.135 e. The van der Waals surface area contributed by atoms with Crippen molar-refractivity contribution in [2.24, 2.45) is 0 Å². The highest BCUT2D eigenvalue weighted by Gasteiger charge is 2.33. The second-order valence-corrected chi connectivity index (χ2v) is 5.44. The van der Waals surface area contributed by atoms with Gasteiger partial charge in [0.2, 0.25) is 0 Å². The third-order valence-electron chi connectivity index (χ3n) is 4.08. The van der Waals surface area contributed by atoms with E-state index in [1.807, 2.05) is 0 Å². The van der Waals surface area contributed by atoms with Gasteiger partial charge in [0.25, 0.3) is 0 Å². The van der Waals surface area contributed by atoms with Crippen molar-refractivity contribution in [3.05, 3.63) is 17.6 Å². The zero-order chi connectivity index (χ0) is 12.7. The number of anilines is 1. The summed E-state index contributed by atoms with van der Waals surface area (Å²) in [4.78, 5) is 13.4. The van der Waals surface area contributed by atoms with E-state index in [2.05, 4.69) is 33.7 Å². The van der Waals surface area contributed by atoms with Gasteiger partial charge in [0, 0.05) is 31.7 Å². The van der Waals surface area contributed by atoms with Gasteiger partial charge in [-0.25, -0.2) is 9.97 Å². The summed E-state index contributed by atoms with van der Waals surface area (Å²) in [7, 11) is 2.15. The van der Waals surface area contributed by atoms with Crippen LogP contribution in [0.1, 0.15) is 36.6 Å². The summed E-state index contributed by atoms with van der Waals surface area (Å²) in [5, 5.41) is 10.00. The SMILES string of the molecule is CC1CC(O)c2ncnc(N3CCN(C)CC3)c21. The van der Waals surface area contributed by atoms with Gasteiger partial charge < -0.3 is 14.9 Å². The van der Waals surface area contributed by atoms with Crippen molar-refractivity contribution in [1.82, 2.24) is 14.9 Å². The van der Waals surface area contributed by atoms with E-state index in [0.717, 1.165) is 49.7 Å². The van der Waals surface area contributed by atoms with Gasteiger partial charge in [0.15, 0.2) is 0 Å². The summed E-state index contributed by atoms with van der Waals surface area (Å²) in [6.45, 7) is 6.29. The van der Waals surface area contributed by atoms with Crippen LogP contribution in [0, 0.1) is 0 Å². The number of piperazine rings is 1. The molecule has 3 rings (SSSR count). The quantitative estimate of drug-likeness (QED) is 0.795. The van der Waals surface area contributed by atoms with Gasteiger partial charge in [-0.1, -0.05) is 6.92 Å². The molecule has 1 aromatic rings. The topological polar surface area (TPSA) is 52.5 Å². The lowest BCUT2D eigenvalue weighted by atomic mass is 10.1. The third-order valence-corrected chi connectivity index (χ3v) is 4.08. The summed E-state index contributed by atoms with van der Waals surface area (Å²) >= 11 is 0. The minimum absolute atomic E-state index is 0.353. The zero-order valence-electron chi connectivity index (χ0n) is 11.0. The summed E-state index contributed by atoms with van der Waals surface area (Å²) in [5.41, 5.74) is 2.00. The predicted octanol–water partition coefficient (Wildman–Crippen LogP) is 0.769. The molecule has 1 aromatic heterocycles. The first-order chi connectivity index (χ1) is 8.66. The standard InChI is InChI=1S/C13H20N4O/c1-9-7-10(18)12-11(9)13(15-8-14-12)17-5-3-16(2)4-6-17/h8-10,18H,3-7H2,1-2H3. The van der Waals surface area contributed by atoms with Gasteiger partial charge >= 0.3 is 0 Å². The van der Waals surface area contributed by atoms with E-state index in [0.29, 0.717) is 5.92 Å². The fourth-order valence-electron chi connectivity index (χ4n) is 2.97. The average molecular weight is 248 g/mol. The lowest BCUT2D eigenvalue weighted by Gasteiger charge is -2.34. The van der Waals surface area contributed by atoms with Crippen LogP contribution in [0.25, 0.3) is 0 Å². The van der Waals surface area contributed by atoms with E-state index in [1.165, 1.54) is 0 Å². The highest BCUT2D eigenvalue weighted by Crippen LogP contribution is 2.42.